The minimum atomic E-state index is -1.08. The summed E-state index contributed by atoms with van der Waals surface area (Å²) in [4.78, 5) is 58.6. The zero-order valence-corrected chi connectivity index (χ0v) is 27.9. The van der Waals surface area contributed by atoms with E-state index in [4.69, 9.17) is 50.7 Å². The van der Waals surface area contributed by atoms with Crippen LogP contribution in [0.3, 0.4) is 0 Å². The van der Waals surface area contributed by atoms with Crippen LogP contribution < -0.4 is 0 Å². The van der Waals surface area contributed by atoms with Crippen molar-refractivity contribution < 1.29 is 79.5 Å². The molecular weight excluding hydrogens is 616 g/mol. The first kappa shape index (κ1) is 55.1. The Balaban J connectivity index is -0.000000107. The molecule has 1 unspecified atom stereocenters. The number of rotatable bonds is 22. The Hall–Kier alpha value is -3.34. The van der Waals surface area contributed by atoms with Crippen molar-refractivity contribution in [1.29, 1.82) is 0 Å². The molecule has 0 saturated heterocycles. The van der Waals surface area contributed by atoms with Crippen molar-refractivity contribution in [3.05, 3.63) is 0 Å². The molecule has 0 rings (SSSR count). The number of aliphatic hydroxyl groups is 3. The van der Waals surface area contributed by atoms with Crippen molar-refractivity contribution in [3.8, 4) is 0 Å². The SMILES string of the molecule is CCCCC(CC)CO.CCCCOCCO.CO.O=C(O)CCC(=O)O.O=C(O)CCCC(=O)O.O=C(O)CCCCC(=O)O. The Morgan fingerprint density at radius 3 is 1.11 bits per heavy atom. The maximum Gasteiger partial charge on any atom is 0.303 e. The molecule has 0 fully saturated rings. The van der Waals surface area contributed by atoms with Crippen LogP contribution in [0.5, 0.6) is 0 Å². The maximum absolute atomic E-state index is 9.90. The van der Waals surface area contributed by atoms with E-state index < -0.39 is 35.8 Å². The molecule has 16 heteroatoms. The number of unbranched alkanes of at least 4 members (excludes halogenated alkanes) is 3. The van der Waals surface area contributed by atoms with Crippen molar-refractivity contribution >= 4 is 35.8 Å². The van der Waals surface area contributed by atoms with Crippen LogP contribution in [0.1, 0.15) is 117 Å². The van der Waals surface area contributed by atoms with E-state index in [1.165, 1.54) is 19.3 Å². The lowest BCUT2D eigenvalue weighted by Crippen LogP contribution is -2.03. The molecule has 0 aliphatic rings. The molecule has 0 amide bonds. The van der Waals surface area contributed by atoms with Crippen LogP contribution in [0.25, 0.3) is 0 Å². The molecule has 16 nitrogen and oxygen atoms in total. The van der Waals surface area contributed by atoms with E-state index >= 15 is 0 Å². The largest absolute Gasteiger partial charge is 0.481 e. The summed E-state index contributed by atoms with van der Waals surface area (Å²) in [5, 5.41) is 72.1. The second-order valence-corrected chi connectivity index (χ2v) is 9.21. The highest BCUT2D eigenvalue weighted by Gasteiger charge is 2.02. The van der Waals surface area contributed by atoms with E-state index in [0.717, 1.165) is 33.0 Å². The van der Waals surface area contributed by atoms with Gasteiger partial charge in [-0.05, 0) is 38.0 Å². The van der Waals surface area contributed by atoms with E-state index in [0.29, 0.717) is 32.0 Å². The molecule has 0 aromatic carbocycles. The molecule has 0 aliphatic carbocycles. The molecule has 0 aromatic heterocycles. The van der Waals surface area contributed by atoms with E-state index in [9.17, 15) is 28.8 Å². The molecule has 0 saturated carbocycles. The van der Waals surface area contributed by atoms with Gasteiger partial charge in [0.15, 0.2) is 0 Å². The monoisotopic (exact) mass is 676 g/mol. The van der Waals surface area contributed by atoms with Gasteiger partial charge in [-0.2, -0.15) is 0 Å². The minimum absolute atomic E-state index is 0.0628. The Morgan fingerprint density at radius 2 is 0.848 bits per heavy atom. The third-order valence-corrected chi connectivity index (χ3v) is 5.04. The molecular formula is C30H60O16. The van der Waals surface area contributed by atoms with Crippen LogP contribution in [0.2, 0.25) is 0 Å². The normalized spacial score (nSPS) is 9.72. The van der Waals surface area contributed by atoms with Crippen molar-refractivity contribution in [1.82, 2.24) is 0 Å². The average Bonchev–Trinajstić information content (AvgIpc) is 2.99. The fourth-order valence-corrected chi connectivity index (χ4v) is 2.49. The van der Waals surface area contributed by atoms with Gasteiger partial charge in [0.1, 0.15) is 0 Å². The van der Waals surface area contributed by atoms with Crippen LogP contribution >= 0.6 is 0 Å². The number of carboxylic acid groups (broad SMARTS) is 6. The Labute approximate surface area is 272 Å². The number of carboxylic acids is 6. The van der Waals surface area contributed by atoms with Crippen LogP contribution in [0.4, 0.5) is 0 Å². The third-order valence-electron chi connectivity index (χ3n) is 5.04. The summed E-state index contributed by atoms with van der Waals surface area (Å²) in [6, 6.07) is 0. The fraction of sp³-hybridized carbons (Fsp3) is 0.800. The standard InChI is InChI=1S/C8H18O.C6H10O4.C6H14O2.C5H8O4.C4H6O4.CH4O/c1-3-5-6-8(4-2)7-9;7-5(8)3-1-2-4-6(9)10;1-2-3-5-8-6-4-7;6-4(7)2-1-3-5(8)9;5-3(6)1-2-4(7)8;1-2/h8-9H,3-7H2,1-2H3;1-4H2,(H,7,8)(H,9,10);7H,2-6H2,1H3;1-3H2,(H,6,7)(H,8,9);1-2H2,(H,5,6)(H,7,8);2H,1H3. The summed E-state index contributed by atoms with van der Waals surface area (Å²) in [5.74, 6) is -5.23. The third kappa shape index (κ3) is 83.6. The smallest absolute Gasteiger partial charge is 0.303 e. The Kier molecular flexibility index (Phi) is 58.2. The summed E-state index contributed by atoms with van der Waals surface area (Å²) in [7, 11) is 1.00. The summed E-state index contributed by atoms with van der Waals surface area (Å²) in [5.41, 5.74) is 0. The Morgan fingerprint density at radius 1 is 0.500 bits per heavy atom. The summed E-state index contributed by atoms with van der Waals surface area (Å²) in [6.45, 7) is 8.22. The molecule has 0 spiro atoms. The van der Waals surface area contributed by atoms with Gasteiger partial charge in [0, 0.05) is 46.0 Å². The number of hydrogen-bond donors (Lipinski definition) is 9. The maximum atomic E-state index is 9.90. The zero-order chi connectivity index (χ0) is 37.2. The second kappa shape index (κ2) is 48.6. The minimum Gasteiger partial charge on any atom is -0.481 e. The van der Waals surface area contributed by atoms with Crippen LogP contribution in [-0.2, 0) is 33.5 Å². The van der Waals surface area contributed by atoms with Gasteiger partial charge in [0.2, 0.25) is 0 Å². The van der Waals surface area contributed by atoms with Crippen LogP contribution in [0.15, 0.2) is 0 Å². The van der Waals surface area contributed by atoms with Crippen molar-refractivity contribution in [2.24, 2.45) is 5.92 Å². The molecule has 9 N–H and O–H groups in total. The van der Waals surface area contributed by atoms with Gasteiger partial charge in [-0.25, -0.2) is 0 Å². The second-order valence-electron chi connectivity index (χ2n) is 9.21. The van der Waals surface area contributed by atoms with Gasteiger partial charge < -0.3 is 50.7 Å². The van der Waals surface area contributed by atoms with Gasteiger partial charge in [-0.3, -0.25) is 28.8 Å². The van der Waals surface area contributed by atoms with E-state index in [-0.39, 0.29) is 51.6 Å². The van der Waals surface area contributed by atoms with E-state index in [2.05, 4.69) is 20.8 Å². The number of carbonyl (C=O) groups is 6. The summed E-state index contributed by atoms with van der Waals surface area (Å²) < 4.78 is 4.97. The zero-order valence-electron chi connectivity index (χ0n) is 27.9. The summed E-state index contributed by atoms with van der Waals surface area (Å²) in [6.07, 6.45) is 7.60. The van der Waals surface area contributed by atoms with Crippen molar-refractivity contribution in [3.63, 3.8) is 0 Å². The van der Waals surface area contributed by atoms with Crippen molar-refractivity contribution in [2.45, 2.75) is 117 Å². The number of aliphatic hydroxyl groups excluding tert-OH is 3. The lowest BCUT2D eigenvalue weighted by molar-refractivity contribution is -0.143. The number of aliphatic carboxylic acids is 6. The fourth-order valence-electron chi connectivity index (χ4n) is 2.49. The molecule has 1 atom stereocenters. The molecule has 0 bridgehead atoms. The van der Waals surface area contributed by atoms with Crippen LogP contribution in [0, 0.1) is 5.92 Å². The highest BCUT2D eigenvalue weighted by atomic mass is 16.5. The molecule has 276 valence electrons. The summed E-state index contributed by atoms with van der Waals surface area (Å²) >= 11 is 0. The molecule has 0 heterocycles. The lowest BCUT2D eigenvalue weighted by Gasteiger charge is -2.08. The van der Waals surface area contributed by atoms with Gasteiger partial charge in [-0.15, -0.1) is 0 Å². The first-order valence-electron chi connectivity index (χ1n) is 15.2. The topological polar surface area (TPSA) is 294 Å². The first-order valence-corrected chi connectivity index (χ1v) is 15.2. The van der Waals surface area contributed by atoms with Gasteiger partial charge in [0.25, 0.3) is 0 Å². The lowest BCUT2D eigenvalue weighted by atomic mass is 10.0. The predicted octanol–water partition coefficient (Wildman–Crippen LogP) is 3.58. The van der Waals surface area contributed by atoms with Gasteiger partial charge in [0.05, 0.1) is 26.1 Å². The van der Waals surface area contributed by atoms with E-state index in [1.807, 2.05) is 0 Å². The number of hydrogen-bond acceptors (Lipinski definition) is 10. The molecule has 0 aliphatic heterocycles. The highest BCUT2D eigenvalue weighted by Crippen LogP contribution is 2.10. The quantitative estimate of drug-likeness (QED) is 0.0740. The van der Waals surface area contributed by atoms with E-state index in [1.54, 1.807) is 0 Å². The van der Waals surface area contributed by atoms with Gasteiger partial charge in [-0.1, -0.05) is 46.5 Å². The predicted molar refractivity (Wildman–Crippen MR) is 169 cm³/mol. The number of ether oxygens (including phenoxy) is 1. The molecule has 0 radical (unpaired) electrons. The molecule has 46 heavy (non-hydrogen) atoms. The Bertz CT molecular complexity index is 659. The molecule has 0 aromatic rings. The highest BCUT2D eigenvalue weighted by molar-refractivity contribution is 5.75. The average molecular weight is 677 g/mol. The van der Waals surface area contributed by atoms with Crippen LogP contribution in [-0.4, -0.2) is 115 Å². The first-order chi connectivity index (χ1) is 21.6. The van der Waals surface area contributed by atoms with Crippen molar-refractivity contribution in [2.75, 3.05) is 33.5 Å². The van der Waals surface area contributed by atoms with Gasteiger partial charge >= 0.3 is 35.8 Å².